The molecule has 0 bridgehead atoms. The summed E-state index contributed by atoms with van der Waals surface area (Å²) in [7, 11) is -0.719. The van der Waals surface area contributed by atoms with E-state index < -0.39 is 10.0 Å². The third-order valence-electron chi connectivity index (χ3n) is 5.83. The van der Waals surface area contributed by atoms with E-state index in [2.05, 4.69) is 10.6 Å². The summed E-state index contributed by atoms with van der Waals surface area (Å²) in [6.45, 7) is 1.86. The van der Waals surface area contributed by atoms with Gasteiger partial charge in [0.25, 0.3) is 10.0 Å². The van der Waals surface area contributed by atoms with Crippen molar-refractivity contribution in [3.63, 3.8) is 0 Å². The van der Waals surface area contributed by atoms with Crippen molar-refractivity contribution in [1.82, 2.24) is 0 Å². The van der Waals surface area contributed by atoms with Gasteiger partial charge in [-0.2, -0.15) is 0 Å². The smallest absolute Gasteiger partial charge is 0.264 e. The molecule has 3 aromatic carbocycles. The summed E-state index contributed by atoms with van der Waals surface area (Å²) < 4.78 is 52.7. The first-order valence-electron chi connectivity index (χ1n) is 11.0. The molecule has 1 heterocycles. The fourth-order valence-electron chi connectivity index (χ4n) is 4.07. The highest BCUT2D eigenvalue weighted by Gasteiger charge is 2.34. The molecule has 0 spiro atoms. The lowest BCUT2D eigenvalue weighted by molar-refractivity contribution is 0.405. The van der Waals surface area contributed by atoms with E-state index in [0.717, 1.165) is 0 Å². The van der Waals surface area contributed by atoms with E-state index in [1.54, 1.807) is 44.6 Å². The normalized spacial score (nSPS) is 15.2. The lowest BCUT2D eigenvalue weighted by Crippen LogP contribution is -2.42. The minimum Gasteiger partial charge on any atom is -0.497 e. The first-order chi connectivity index (χ1) is 16.7. The minimum atomic E-state index is -3.84. The molecule has 0 saturated carbocycles. The van der Waals surface area contributed by atoms with Gasteiger partial charge in [0.2, 0.25) is 0 Å². The summed E-state index contributed by atoms with van der Waals surface area (Å²) in [5.74, 6) is 0.858. The van der Waals surface area contributed by atoms with Crippen LogP contribution in [0.2, 0.25) is 0 Å². The second kappa shape index (κ2) is 10.1. The van der Waals surface area contributed by atoms with Crippen LogP contribution < -0.4 is 24.4 Å². The van der Waals surface area contributed by atoms with Crippen molar-refractivity contribution >= 4 is 44.4 Å². The molecule has 35 heavy (non-hydrogen) atoms. The molecule has 1 atom stereocenters. The summed E-state index contributed by atoms with van der Waals surface area (Å²) in [5, 5.41) is 6.40. The van der Waals surface area contributed by atoms with Gasteiger partial charge < -0.3 is 20.1 Å². The predicted octanol–water partition coefficient (Wildman–Crippen LogP) is 5.18. The Hall–Kier alpha value is -3.37. The Labute approximate surface area is 209 Å². The van der Waals surface area contributed by atoms with Crippen LogP contribution in [0.15, 0.2) is 65.6 Å². The summed E-state index contributed by atoms with van der Waals surface area (Å²) in [4.78, 5) is 0.139. The number of hydrogen-bond donors (Lipinski definition) is 2. The van der Waals surface area contributed by atoms with Crippen LogP contribution in [0.4, 0.5) is 21.5 Å². The topological polar surface area (TPSA) is 79.9 Å². The number of anilines is 3. The van der Waals surface area contributed by atoms with Crippen molar-refractivity contribution in [2.45, 2.75) is 30.7 Å². The number of rotatable bonds is 6. The highest BCUT2D eigenvalue weighted by atomic mass is 32.2. The molecule has 2 N–H and O–H groups in total. The van der Waals surface area contributed by atoms with Crippen molar-refractivity contribution < 1.29 is 22.3 Å². The number of nitrogens with zero attached hydrogens (tertiary/aromatic N) is 1. The van der Waals surface area contributed by atoms with Gasteiger partial charge in [0, 0.05) is 17.8 Å². The number of fused-ring (bicyclic) bond motifs is 1. The van der Waals surface area contributed by atoms with Gasteiger partial charge in [0.05, 0.1) is 30.5 Å². The molecule has 7 nitrogen and oxygen atoms in total. The zero-order valence-corrected chi connectivity index (χ0v) is 21.2. The fraction of sp³-hybridized carbons (Fsp3) is 0.240. The van der Waals surface area contributed by atoms with Gasteiger partial charge in [-0.25, -0.2) is 12.8 Å². The number of ether oxygens (including phenoxy) is 2. The van der Waals surface area contributed by atoms with Gasteiger partial charge in [-0.1, -0.05) is 0 Å². The first-order valence-corrected chi connectivity index (χ1v) is 12.8. The number of aryl methyl sites for hydroxylation is 1. The highest BCUT2D eigenvalue weighted by Crippen LogP contribution is 2.36. The molecule has 4 rings (SSSR count). The Balaban J connectivity index is 1.52. The highest BCUT2D eigenvalue weighted by molar-refractivity contribution is 7.92. The van der Waals surface area contributed by atoms with Crippen LogP contribution in [0.1, 0.15) is 18.9 Å². The van der Waals surface area contributed by atoms with Crippen molar-refractivity contribution in [1.29, 1.82) is 0 Å². The third kappa shape index (κ3) is 5.18. The molecule has 0 saturated heterocycles. The number of hydrogen-bond acceptors (Lipinski definition) is 5. The molecule has 1 aliphatic rings. The van der Waals surface area contributed by atoms with Gasteiger partial charge in [0.15, 0.2) is 5.11 Å². The van der Waals surface area contributed by atoms with Crippen LogP contribution in [-0.2, 0) is 16.4 Å². The minimum absolute atomic E-state index is 0.139. The largest absolute Gasteiger partial charge is 0.497 e. The molecular formula is C25H26FN3O4S2. The Bertz CT molecular complexity index is 1350. The summed E-state index contributed by atoms with van der Waals surface area (Å²) in [5.41, 5.74) is 2.44. The van der Waals surface area contributed by atoms with E-state index in [0.29, 0.717) is 52.1 Å². The molecule has 0 amide bonds. The van der Waals surface area contributed by atoms with E-state index in [9.17, 15) is 12.8 Å². The lowest BCUT2D eigenvalue weighted by Gasteiger charge is -2.36. The molecule has 3 aromatic rings. The zero-order valence-electron chi connectivity index (χ0n) is 19.5. The van der Waals surface area contributed by atoms with E-state index in [-0.39, 0.29) is 16.8 Å². The molecule has 0 radical (unpaired) electrons. The number of thiocarbonyl (C=S) groups is 1. The number of sulfonamides is 1. The van der Waals surface area contributed by atoms with Gasteiger partial charge in [-0.05, 0) is 92.1 Å². The fourth-order valence-corrected chi connectivity index (χ4v) is 6.03. The van der Waals surface area contributed by atoms with Gasteiger partial charge in [-0.15, -0.1) is 0 Å². The van der Waals surface area contributed by atoms with Crippen molar-refractivity contribution in [2.75, 3.05) is 29.2 Å². The molecule has 0 aromatic heterocycles. The number of nitrogens with one attached hydrogen (secondary N) is 2. The zero-order chi connectivity index (χ0) is 25.2. The summed E-state index contributed by atoms with van der Waals surface area (Å²) in [6, 6.07) is 15.6. The maximum atomic E-state index is 13.7. The Kier molecular flexibility index (Phi) is 7.13. The van der Waals surface area contributed by atoms with E-state index in [1.165, 1.54) is 34.6 Å². The SMILES string of the molecule is COc1ccc(OC)c(NC(=S)Nc2ccc(S(=O)(=O)N3c4ccc(F)cc4CCC3C)cc2)c1. The van der Waals surface area contributed by atoms with Crippen LogP contribution in [-0.4, -0.2) is 33.8 Å². The molecule has 1 aliphatic heterocycles. The quantitative estimate of drug-likeness (QED) is 0.438. The second-order valence-electron chi connectivity index (χ2n) is 8.13. The Morgan fingerprint density at radius 2 is 1.77 bits per heavy atom. The summed E-state index contributed by atoms with van der Waals surface area (Å²) >= 11 is 5.41. The second-order valence-corrected chi connectivity index (χ2v) is 10.4. The number of halogens is 1. The standard InChI is InChI=1S/C25H26FN3O4S2/c1-16-4-5-17-14-18(26)6-12-23(17)29(16)35(30,31)21-10-7-19(8-11-21)27-25(34)28-22-15-20(32-2)9-13-24(22)33-3/h6-16H,4-5H2,1-3H3,(H2,27,28,34). The van der Waals surface area contributed by atoms with E-state index in [4.69, 9.17) is 21.7 Å². The molecule has 0 aliphatic carbocycles. The number of benzene rings is 3. The molecular weight excluding hydrogens is 489 g/mol. The molecule has 184 valence electrons. The van der Waals surface area contributed by atoms with Gasteiger partial charge >= 0.3 is 0 Å². The van der Waals surface area contributed by atoms with Crippen molar-refractivity contribution in [3.8, 4) is 11.5 Å². The first kappa shape index (κ1) is 24.7. The maximum Gasteiger partial charge on any atom is 0.264 e. The predicted molar refractivity (Wildman–Crippen MR) is 140 cm³/mol. The monoisotopic (exact) mass is 515 g/mol. The van der Waals surface area contributed by atoms with Crippen LogP contribution >= 0.6 is 12.2 Å². The lowest BCUT2D eigenvalue weighted by atomic mass is 9.99. The van der Waals surface area contributed by atoms with E-state index in [1.807, 2.05) is 6.92 Å². The average molecular weight is 516 g/mol. The average Bonchev–Trinajstić information content (AvgIpc) is 2.84. The third-order valence-corrected chi connectivity index (χ3v) is 7.98. The van der Waals surface area contributed by atoms with Crippen LogP contribution in [0.5, 0.6) is 11.5 Å². The van der Waals surface area contributed by atoms with Crippen LogP contribution in [0.3, 0.4) is 0 Å². The van der Waals surface area contributed by atoms with Gasteiger partial charge in [0.1, 0.15) is 17.3 Å². The maximum absolute atomic E-state index is 13.7. The van der Waals surface area contributed by atoms with Crippen molar-refractivity contribution in [2.24, 2.45) is 0 Å². The van der Waals surface area contributed by atoms with Gasteiger partial charge in [-0.3, -0.25) is 4.31 Å². The number of methoxy groups -OCH3 is 2. The van der Waals surface area contributed by atoms with Crippen LogP contribution in [0, 0.1) is 5.82 Å². The Morgan fingerprint density at radius 3 is 2.46 bits per heavy atom. The van der Waals surface area contributed by atoms with Crippen molar-refractivity contribution in [3.05, 3.63) is 72.0 Å². The van der Waals surface area contributed by atoms with Crippen LogP contribution in [0.25, 0.3) is 0 Å². The summed E-state index contributed by atoms with van der Waals surface area (Å²) in [6.07, 6.45) is 1.24. The molecule has 0 fully saturated rings. The molecule has 10 heteroatoms. The Morgan fingerprint density at radius 1 is 1.03 bits per heavy atom. The molecule has 1 unspecified atom stereocenters. The van der Waals surface area contributed by atoms with E-state index >= 15 is 0 Å².